The second-order valence-corrected chi connectivity index (χ2v) is 6.05. The van der Waals surface area contributed by atoms with Crippen LogP contribution in [0.25, 0.3) is 27.5 Å². The summed E-state index contributed by atoms with van der Waals surface area (Å²) in [5.41, 5.74) is 1.05. The molecule has 7 heteroatoms. The lowest BCUT2D eigenvalue weighted by Crippen LogP contribution is -2.22. The summed E-state index contributed by atoms with van der Waals surface area (Å²) in [7, 11) is 1.55. The molecule has 27 heavy (non-hydrogen) atoms. The highest BCUT2D eigenvalue weighted by molar-refractivity contribution is 5.91. The van der Waals surface area contributed by atoms with Gasteiger partial charge in [-0.05, 0) is 30.3 Å². The normalized spacial score (nSPS) is 11.2. The summed E-state index contributed by atoms with van der Waals surface area (Å²) in [6.07, 6.45) is 3.24. The summed E-state index contributed by atoms with van der Waals surface area (Å²) in [6, 6.07) is 12.2. The van der Waals surface area contributed by atoms with Crippen molar-refractivity contribution in [1.82, 2.24) is 14.1 Å². The number of fused-ring (bicyclic) bond motifs is 2. The van der Waals surface area contributed by atoms with Crippen molar-refractivity contribution in [2.24, 2.45) is 0 Å². The largest absolute Gasteiger partial charge is 0.495 e. The van der Waals surface area contributed by atoms with Crippen LogP contribution >= 0.6 is 0 Å². The first-order valence-corrected chi connectivity index (χ1v) is 8.44. The third-order valence-corrected chi connectivity index (χ3v) is 4.50. The summed E-state index contributed by atoms with van der Waals surface area (Å²) in [6.45, 7) is 0.0417. The van der Waals surface area contributed by atoms with Gasteiger partial charge in [0.2, 0.25) is 0 Å². The van der Waals surface area contributed by atoms with Gasteiger partial charge in [-0.25, -0.2) is 4.98 Å². The number of pyridine rings is 3. The minimum absolute atomic E-state index is 0.146. The predicted molar refractivity (Wildman–Crippen MR) is 103 cm³/mol. The van der Waals surface area contributed by atoms with Crippen molar-refractivity contribution in [2.75, 3.05) is 13.7 Å². The van der Waals surface area contributed by atoms with Crippen LogP contribution in [0.3, 0.4) is 0 Å². The van der Waals surface area contributed by atoms with Gasteiger partial charge < -0.3 is 14.4 Å². The Labute approximate surface area is 153 Å². The molecule has 0 saturated heterocycles. The molecule has 0 fully saturated rings. The van der Waals surface area contributed by atoms with Crippen molar-refractivity contribution in [3.8, 4) is 11.4 Å². The topological polar surface area (TPSA) is 86.3 Å². The molecule has 1 aromatic carbocycles. The van der Waals surface area contributed by atoms with Crippen LogP contribution < -0.4 is 15.9 Å². The maximum Gasteiger partial charge on any atom is 0.264 e. The molecule has 0 amide bonds. The van der Waals surface area contributed by atoms with Gasteiger partial charge in [-0.1, -0.05) is 12.1 Å². The van der Waals surface area contributed by atoms with E-state index in [1.165, 1.54) is 9.13 Å². The van der Waals surface area contributed by atoms with Gasteiger partial charge in [0.1, 0.15) is 5.75 Å². The first-order valence-electron chi connectivity index (χ1n) is 8.44. The number of methoxy groups -OCH3 is 1. The maximum absolute atomic E-state index is 13.1. The summed E-state index contributed by atoms with van der Waals surface area (Å²) >= 11 is 0. The molecule has 3 aromatic heterocycles. The van der Waals surface area contributed by atoms with Crippen LogP contribution in [0.5, 0.6) is 5.75 Å². The number of benzene rings is 1. The Morgan fingerprint density at radius 3 is 2.44 bits per heavy atom. The summed E-state index contributed by atoms with van der Waals surface area (Å²) < 4.78 is 8.22. The van der Waals surface area contributed by atoms with E-state index in [2.05, 4.69) is 4.98 Å². The monoisotopic (exact) mass is 363 g/mol. The molecular formula is C20H17N3O4. The lowest BCUT2D eigenvalue weighted by atomic mass is 10.2. The highest BCUT2D eigenvalue weighted by Crippen LogP contribution is 2.22. The number of aliphatic hydroxyl groups is 1. The molecule has 4 rings (SSSR count). The van der Waals surface area contributed by atoms with Gasteiger partial charge in [-0.3, -0.25) is 14.2 Å². The predicted octanol–water partition coefficient (Wildman–Crippen LogP) is 1.70. The number of hydrogen-bond acceptors (Lipinski definition) is 5. The van der Waals surface area contributed by atoms with Gasteiger partial charge in [0, 0.05) is 18.9 Å². The highest BCUT2D eigenvalue weighted by atomic mass is 16.5. The molecule has 0 spiro atoms. The maximum atomic E-state index is 13.1. The van der Waals surface area contributed by atoms with Crippen LogP contribution in [0.2, 0.25) is 0 Å². The Morgan fingerprint density at radius 2 is 1.70 bits per heavy atom. The van der Waals surface area contributed by atoms with Crippen molar-refractivity contribution >= 4 is 21.8 Å². The van der Waals surface area contributed by atoms with Crippen molar-refractivity contribution in [3.05, 3.63) is 75.6 Å². The zero-order valence-electron chi connectivity index (χ0n) is 14.6. The van der Waals surface area contributed by atoms with Gasteiger partial charge in [-0.15, -0.1) is 0 Å². The van der Waals surface area contributed by atoms with E-state index in [0.29, 0.717) is 33.2 Å². The average molecular weight is 363 g/mol. The van der Waals surface area contributed by atoms with E-state index in [-0.39, 0.29) is 24.3 Å². The average Bonchev–Trinajstić information content (AvgIpc) is 2.70. The molecule has 0 atom stereocenters. The number of para-hydroxylation sites is 2. The number of ether oxygens (including phenoxy) is 1. The lowest BCUT2D eigenvalue weighted by Gasteiger charge is -2.12. The third-order valence-electron chi connectivity index (χ3n) is 4.50. The van der Waals surface area contributed by atoms with Crippen LogP contribution in [-0.2, 0) is 6.54 Å². The first kappa shape index (κ1) is 17.0. The first-order chi connectivity index (χ1) is 13.1. The van der Waals surface area contributed by atoms with Crippen molar-refractivity contribution in [3.63, 3.8) is 0 Å². The van der Waals surface area contributed by atoms with E-state index in [1.807, 2.05) is 12.1 Å². The lowest BCUT2D eigenvalue weighted by molar-refractivity contribution is 0.274. The Hall–Kier alpha value is -3.45. The SMILES string of the molecule is COc1ccccc1-n1ccc2nc3ccn(CCO)c(=O)c3cc2c1=O. The minimum atomic E-state index is -0.289. The molecule has 0 bridgehead atoms. The summed E-state index contributed by atoms with van der Waals surface area (Å²) in [5.74, 6) is 0.568. The number of aliphatic hydroxyl groups excluding tert-OH is 1. The van der Waals surface area contributed by atoms with Gasteiger partial charge in [0.05, 0.1) is 41.2 Å². The van der Waals surface area contributed by atoms with E-state index in [9.17, 15) is 9.59 Å². The Balaban J connectivity index is 2.02. The quantitative estimate of drug-likeness (QED) is 0.558. The molecule has 0 saturated carbocycles. The second kappa shape index (κ2) is 6.69. The molecule has 7 nitrogen and oxygen atoms in total. The third kappa shape index (κ3) is 2.78. The van der Waals surface area contributed by atoms with Crippen LogP contribution in [0, 0.1) is 0 Å². The molecule has 0 radical (unpaired) electrons. The van der Waals surface area contributed by atoms with Crippen molar-refractivity contribution in [2.45, 2.75) is 6.54 Å². The molecule has 0 aliphatic rings. The van der Waals surface area contributed by atoms with Crippen molar-refractivity contribution < 1.29 is 9.84 Å². The smallest absolute Gasteiger partial charge is 0.264 e. The molecule has 0 aliphatic heterocycles. The van der Waals surface area contributed by atoms with Crippen LogP contribution in [0.1, 0.15) is 0 Å². The molecule has 4 aromatic rings. The van der Waals surface area contributed by atoms with E-state index in [4.69, 9.17) is 9.84 Å². The fraction of sp³-hybridized carbons (Fsp3) is 0.150. The summed E-state index contributed by atoms with van der Waals surface area (Å²) in [5, 5.41) is 9.79. The van der Waals surface area contributed by atoms with Crippen LogP contribution in [-0.4, -0.2) is 32.9 Å². The fourth-order valence-corrected chi connectivity index (χ4v) is 3.17. The van der Waals surface area contributed by atoms with E-state index < -0.39 is 0 Å². The second-order valence-electron chi connectivity index (χ2n) is 6.05. The molecule has 3 heterocycles. The Bertz CT molecular complexity index is 1270. The summed E-state index contributed by atoms with van der Waals surface area (Å²) in [4.78, 5) is 30.2. The number of aromatic nitrogens is 3. The number of nitrogens with zero attached hydrogens (tertiary/aromatic N) is 3. The van der Waals surface area contributed by atoms with Crippen LogP contribution in [0.15, 0.2) is 64.4 Å². The molecule has 1 N–H and O–H groups in total. The Morgan fingerprint density at radius 1 is 1.00 bits per heavy atom. The number of hydrogen-bond donors (Lipinski definition) is 1. The van der Waals surface area contributed by atoms with Crippen LogP contribution in [0.4, 0.5) is 0 Å². The fourth-order valence-electron chi connectivity index (χ4n) is 3.17. The Kier molecular flexibility index (Phi) is 4.21. The molecular weight excluding hydrogens is 346 g/mol. The van der Waals surface area contributed by atoms with E-state index in [0.717, 1.165) is 0 Å². The zero-order valence-corrected chi connectivity index (χ0v) is 14.6. The van der Waals surface area contributed by atoms with Gasteiger partial charge in [0.15, 0.2) is 0 Å². The zero-order chi connectivity index (χ0) is 19.0. The highest BCUT2D eigenvalue weighted by Gasteiger charge is 2.12. The van der Waals surface area contributed by atoms with Gasteiger partial charge in [0.25, 0.3) is 11.1 Å². The molecule has 136 valence electrons. The molecule has 0 unspecified atom stereocenters. The van der Waals surface area contributed by atoms with Gasteiger partial charge in [-0.2, -0.15) is 0 Å². The van der Waals surface area contributed by atoms with E-state index in [1.54, 1.807) is 49.8 Å². The van der Waals surface area contributed by atoms with Gasteiger partial charge >= 0.3 is 0 Å². The standard InChI is InChI=1S/C20H17N3O4/c1-27-18-5-3-2-4-17(18)23-9-7-16-14(20(23)26)12-13-15(21-16)6-8-22(10-11-24)19(13)25/h2-9,12,24H,10-11H2,1H3. The van der Waals surface area contributed by atoms with E-state index >= 15 is 0 Å². The van der Waals surface area contributed by atoms with Crippen molar-refractivity contribution in [1.29, 1.82) is 0 Å². The minimum Gasteiger partial charge on any atom is -0.495 e. The molecule has 0 aliphatic carbocycles. The number of rotatable bonds is 4.